The van der Waals surface area contributed by atoms with Crippen molar-refractivity contribution < 1.29 is 27.4 Å². The van der Waals surface area contributed by atoms with E-state index in [0.29, 0.717) is 11.3 Å². The molecule has 2 bridgehead atoms. The Morgan fingerprint density at radius 2 is 1.50 bits per heavy atom. The molecule has 2 aromatic carbocycles. The van der Waals surface area contributed by atoms with Crippen molar-refractivity contribution in [1.82, 2.24) is 0 Å². The second-order valence-electron chi connectivity index (χ2n) is 8.22. The minimum Gasteiger partial charge on any atom is -0.497 e. The van der Waals surface area contributed by atoms with Crippen LogP contribution < -0.4 is 4.74 Å². The van der Waals surface area contributed by atoms with Gasteiger partial charge in [-0.05, 0) is 35.4 Å². The van der Waals surface area contributed by atoms with Gasteiger partial charge in [0.1, 0.15) is 11.9 Å². The van der Waals surface area contributed by atoms with Crippen molar-refractivity contribution in [2.75, 3.05) is 7.11 Å². The predicted octanol–water partition coefficient (Wildman–Crippen LogP) is 4.84. The van der Waals surface area contributed by atoms with E-state index in [9.17, 15) is 29.0 Å². The molecule has 2 aliphatic heterocycles. The third kappa shape index (κ3) is 2.88. The Hall–Kier alpha value is -4.07. The Labute approximate surface area is 193 Å². The number of hydrogen-bond acceptors (Lipinski definition) is 7. The van der Waals surface area contributed by atoms with Gasteiger partial charge in [0, 0.05) is 6.92 Å². The molecule has 4 atom stereocenters. The molecule has 2 aliphatic rings. The van der Waals surface area contributed by atoms with Crippen LogP contribution in [0.15, 0.2) is 48.5 Å². The van der Waals surface area contributed by atoms with Crippen molar-refractivity contribution in [2.45, 2.75) is 30.9 Å². The molecule has 0 spiro atoms. The number of benzene rings is 2. The molecule has 2 saturated heterocycles. The number of rotatable bonds is 3. The van der Waals surface area contributed by atoms with Crippen LogP contribution in [0.3, 0.4) is 0 Å². The van der Waals surface area contributed by atoms with Crippen LogP contribution in [-0.2, 0) is 15.7 Å². The Morgan fingerprint density at radius 1 is 0.941 bits per heavy atom. The monoisotopic (exact) mass is 466 g/mol. The normalized spacial score (nSPS) is 29.3. The minimum atomic E-state index is -4.59. The molecule has 172 valence electrons. The molecular weight excluding hydrogens is 449 g/mol. The number of hydrogen-bond donors (Lipinski definition) is 1. The van der Waals surface area contributed by atoms with E-state index in [4.69, 9.17) is 19.6 Å². The van der Waals surface area contributed by atoms with E-state index >= 15 is 0 Å². The fraction of sp³-hybridized carbons (Fsp3) is 0.333. The van der Waals surface area contributed by atoms with E-state index < -0.39 is 46.3 Å². The predicted molar refractivity (Wildman–Crippen MR) is 110 cm³/mol. The molecule has 2 aromatic rings. The van der Waals surface area contributed by atoms with Crippen LogP contribution in [0.2, 0.25) is 0 Å². The Kier molecular flexibility index (Phi) is 5.08. The molecular formula is C24H17F3N4O3. The highest BCUT2D eigenvalue weighted by Gasteiger charge is 2.79. The second-order valence-corrected chi connectivity index (χ2v) is 8.22. The summed E-state index contributed by atoms with van der Waals surface area (Å²) in [6, 6.07) is 16.1. The summed E-state index contributed by atoms with van der Waals surface area (Å²) in [4.78, 5) is 0. The molecule has 0 saturated carbocycles. The van der Waals surface area contributed by atoms with E-state index in [1.54, 1.807) is 24.3 Å². The van der Waals surface area contributed by atoms with Crippen molar-refractivity contribution in [2.24, 2.45) is 10.8 Å². The topological polar surface area (TPSA) is 123 Å². The summed E-state index contributed by atoms with van der Waals surface area (Å²) in [6.07, 6.45) is -6.05. The number of nitrogens with zero attached hydrogens (tertiary/aromatic N) is 3. The van der Waals surface area contributed by atoms with E-state index in [2.05, 4.69) is 0 Å². The molecule has 34 heavy (non-hydrogen) atoms. The van der Waals surface area contributed by atoms with E-state index in [1.165, 1.54) is 14.0 Å². The van der Waals surface area contributed by atoms with Crippen LogP contribution in [0.5, 0.6) is 5.75 Å². The molecule has 10 heteroatoms. The summed E-state index contributed by atoms with van der Waals surface area (Å²) in [5.74, 6) is -2.81. The van der Waals surface area contributed by atoms with E-state index in [-0.39, 0.29) is 5.56 Å². The lowest BCUT2D eigenvalue weighted by atomic mass is 9.52. The average molecular weight is 466 g/mol. The van der Waals surface area contributed by atoms with Crippen LogP contribution in [0.1, 0.15) is 35.6 Å². The molecule has 1 N–H and O–H groups in total. The largest absolute Gasteiger partial charge is 0.497 e. The summed E-state index contributed by atoms with van der Waals surface area (Å²) in [5.41, 5.74) is -4.79. The molecule has 7 nitrogen and oxygen atoms in total. The summed E-state index contributed by atoms with van der Waals surface area (Å²) in [5, 5.41) is 39.5. The first-order valence-corrected chi connectivity index (χ1v) is 10.0. The quantitative estimate of drug-likeness (QED) is 0.691. The third-order valence-electron chi connectivity index (χ3n) is 6.51. The van der Waals surface area contributed by atoms with Crippen molar-refractivity contribution in [3.05, 3.63) is 65.2 Å². The van der Waals surface area contributed by atoms with Crippen LogP contribution >= 0.6 is 0 Å². The van der Waals surface area contributed by atoms with Gasteiger partial charge in [0.2, 0.25) is 17.1 Å². The summed E-state index contributed by atoms with van der Waals surface area (Å²) in [6.45, 7) is 1.48. The van der Waals surface area contributed by atoms with Gasteiger partial charge in [-0.3, -0.25) is 5.41 Å². The van der Waals surface area contributed by atoms with Gasteiger partial charge < -0.3 is 14.2 Å². The van der Waals surface area contributed by atoms with Crippen LogP contribution in [0.4, 0.5) is 13.2 Å². The summed E-state index contributed by atoms with van der Waals surface area (Å²) in [7, 11) is 1.48. The Balaban J connectivity index is 1.94. The number of nitriles is 3. The van der Waals surface area contributed by atoms with Crippen molar-refractivity contribution >= 4 is 5.90 Å². The standard InChI is InChI=1S/C24H17F3N4O3/c1-21-18(14-5-9-17(32-2)10-6-14)23(13-30,20(31)34-21)22(11-28,12-29)19(33-21)15-3-7-16(8-4-15)24(25,26)27/h3-10,18-19,31H,1-2H3. The smallest absolute Gasteiger partial charge is 0.416 e. The number of methoxy groups -OCH3 is 1. The summed E-state index contributed by atoms with van der Waals surface area (Å²) < 4.78 is 56.2. The van der Waals surface area contributed by atoms with Gasteiger partial charge in [-0.15, -0.1) is 0 Å². The van der Waals surface area contributed by atoms with E-state index in [1.807, 2.05) is 18.2 Å². The van der Waals surface area contributed by atoms with Gasteiger partial charge in [0.05, 0.1) is 36.8 Å². The average Bonchev–Trinajstić information content (AvgIpc) is 3.01. The van der Waals surface area contributed by atoms with Crippen molar-refractivity contribution in [1.29, 1.82) is 21.2 Å². The van der Waals surface area contributed by atoms with Crippen molar-refractivity contribution in [3.63, 3.8) is 0 Å². The van der Waals surface area contributed by atoms with Gasteiger partial charge in [-0.2, -0.15) is 29.0 Å². The number of fused-ring (bicyclic) bond motifs is 2. The zero-order valence-electron chi connectivity index (χ0n) is 18.0. The molecule has 2 heterocycles. The fourth-order valence-corrected chi connectivity index (χ4v) is 4.93. The molecule has 0 aromatic heterocycles. The van der Waals surface area contributed by atoms with Crippen LogP contribution in [-0.4, -0.2) is 18.8 Å². The fourth-order valence-electron chi connectivity index (χ4n) is 4.93. The molecule has 0 radical (unpaired) electrons. The molecule has 0 amide bonds. The van der Waals surface area contributed by atoms with Gasteiger partial charge in [0.25, 0.3) is 0 Å². The number of nitrogens with one attached hydrogen (secondary N) is 1. The Morgan fingerprint density at radius 3 is 1.97 bits per heavy atom. The first-order chi connectivity index (χ1) is 16.0. The maximum Gasteiger partial charge on any atom is 0.416 e. The maximum atomic E-state index is 13.1. The second kappa shape index (κ2) is 7.48. The zero-order chi connectivity index (χ0) is 24.9. The molecule has 4 unspecified atom stereocenters. The molecule has 0 aliphatic carbocycles. The first-order valence-electron chi connectivity index (χ1n) is 10.0. The maximum absolute atomic E-state index is 13.1. The van der Waals surface area contributed by atoms with Gasteiger partial charge in [-0.1, -0.05) is 24.3 Å². The number of alkyl halides is 3. The van der Waals surface area contributed by atoms with Gasteiger partial charge >= 0.3 is 6.18 Å². The Bertz CT molecular complexity index is 1260. The number of halogens is 3. The van der Waals surface area contributed by atoms with Gasteiger partial charge in [-0.25, -0.2) is 0 Å². The van der Waals surface area contributed by atoms with Crippen LogP contribution in [0.25, 0.3) is 0 Å². The highest BCUT2D eigenvalue weighted by molar-refractivity contribution is 5.90. The zero-order valence-corrected chi connectivity index (χ0v) is 18.0. The highest BCUT2D eigenvalue weighted by atomic mass is 19.4. The third-order valence-corrected chi connectivity index (χ3v) is 6.51. The lowest BCUT2D eigenvalue weighted by molar-refractivity contribution is -0.253. The lowest BCUT2D eigenvalue weighted by Gasteiger charge is -2.48. The highest BCUT2D eigenvalue weighted by Crippen LogP contribution is 2.69. The summed E-state index contributed by atoms with van der Waals surface area (Å²) >= 11 is 0. The lowest BCUT2D eigenvalue weighted by Crippen LogP contribution is -2.57. The minimum absolute atomic E-state index is 0.0773. The van der Waals surface area contributed by atoms with Crippen molar-refractivity contribution in [3.8, 4) is 24.0 Å². The molecule has 4 rings (SSSR count). The SMILES string of the molecule is COc1ccc(C2C3(C)OC(=N)C2(C#N)C(C#N)(C#N)C(c2ccc(C(F)(F)F)cc2)O3)cc1. The number of ether oxygens (including phenoxy) is 3. The van der Waals surface area contributed by atoms with E-state index in [0.717, 1.165) is 24.3 Å². The van der Waals surface area contributed by atoms with Crippen LogP contribution in [0, 0.1) is 50.2 Å². The van der Waals surface area contributed by atoms with Gasteiger partial charge in [0.15, 0.2) is 5.41 Å². The first kappa shape index (κ1) is 23.1. The molecule has 2 fully saturated rings.